The van der Waals surface area contributed by atoms with Crippen LogP contribution in [0.1, 0.15) is 18.4 Å². The van der Waals surface area contributed by atoms with E-state index in [1.54, 1.807) is 12.1 Å². The average Bonchev–Trinajstić information content (AvgIpc) is 2.40. The van der Waals surface area contributed by atoms with Gasteiger partial charge in [0.15, 0.2) is 0 Å². The fraction of sp³-hybridized carbons (Fsp3) is 0.500. The van der Waals surface area contributed by atoms with Crippen molar-refractivity contribution in [3.05, 3.63) is 35.6 Å². The van der Waals surface area contributed by atoms with Crippen molar-refractivity contribution in [1.82, 2.24) is 4.90 Å². The zero-order chi connectivity index (χ0) is 13.7. The molecular formula is C14H19FN2O2. The maximum absolute atomic E-state index is 13.0. The maximum Gasteiger partial charge on any atom is 0.226 e. The van der Waals surface area contributed by atoms with E-state index in [0.717, 1.165) is 31.5 Å². The van der Waals surface area contributed by atoms with Crippen molar-refractivity contribution in [2.24, 2.45) is 11.8 Å². The number of nitrogens with zero attached hydrogens (tertiary/aromatic N) is 1. The normalized spacial score (nSPS) is 16.6. The first-order valence-corrected chi connectivity index (χ1v) is 6.53. The highest BCUT2D eigenvalue weighted by Gasteiger charge is 2.22. The van der Waals surface area contributed by atoms with Gasteiger partial charge < -0.3 is 9.74 Å². The van der Waals surface area contributed by atoms with Gasteiger partial charge in [-0.3, -0.25) is 4.79 Å². The number of carbonyl (C=O) groups is 1. The lowest BCUT2D eigenvalue weighted by Gasteiger charge is -2.31. The molecule has 1 fully saturated rings. The molecular weight excluding hydrogens is 247 g/mol. The Hall–Kier alpha value is -1.46. The third kappa shape index (κ3) is 4.01. The van der Waals surface area contributed by atoms with Gasteiger partial charge in [-0.25, -0.2) is 10.3 Å². The molecule has 19 heavy (non-hydrogen) atoms. The summed E-state index contributed by atoms with van der Waals surface area (Å²) in [5, 5.41) is 0. The van der Waals surface area contributed by atoms with Gasteiger partial charge in [0.2, 0.25) is 5.91 Å². The van der Waals surface area contributed by atoms with Crippen molar-refractivity contribution in [3.63, 3.8) is 0 Å². The first kappa shape index (κ1) is 14.0. The lowest BCUT2D eigenvalue weighted by atomic mass is 9.97. The van der Waals surface area contributed by atoms with Crippen LogP contribution in [0.2, 0.25) is 0 Å². The Balaban J connectivity index is 1.84. The largest absolute Gasteiger partial charge is 0.342 e. The highest BCUT2D eigenvalue weighted by molar-refractivity contribution is 5.78. The Morgan fingerprint density at radius 1 is 1.42 bits per heavy atom. The number of rotatable bonds is 4. The molecule has 0 unspecified atom stereocenters. The van der Waals surface area contributed by atoms with E-state index >= 15 is 0 Å². The summed E-state index contributed by atoms with van der Waals surface area (Å²) in [6.07, 6.45) is 2.08. The van der Waals surface area contributed by atoms with Crippen LogP contribution in [-0.2, 0) is 16.1 Å². The van der Waals surface area contributed by atoms with Gasteiger partial charge in [0, 0.05) is 13.1 Å². The number of benzene rings is 1. The maximum atomic E-state index is 13.0. The summed E-state index contributed by atoms with van der Waals surface area (Å²) in [4.78, 5) is 18.6. The predicted octanol–water partition coefficient (Wildman–Crippen LogP) is 1.50. The van der Waals surface area contributed by atoms with Crippen LogP contribution in [0, 0.1) is 11.7 Å². The molecule has 1 aliphatic heterocycles. The van der Waals surface area contributed by atoms with E-state index in [9.17, 15) is 9.18 Å². The van der Waals surface area contributed by atoms with E-state index in [1.807, 2.05) is 4.90 Å². The fourth-order valence-electron chi connectivity index (χ4n) is 2.42. The van der Waals surface area contributed by atoms with Crippen molar-refractivity contribution in [2.75, 3.05) is 19.7 Å². The lowest BCUT2D eigenvalue weighted by Crippen LogP contribution is -2.40. The number of amides is 1. The molecule has 0 saturated carbocycles. The van der Waals surface area contributed by atoms with Crippen molar-refractivity contribution < 1.29 is 14.0 Å². The molecule has 1 heterocycles. The van der Waals surface area contributed by atoms with Gasteiger partial charge in [-0.1, -0.05) is 12.1 Å². The van der Waals surface area contributed by atoms with E-state index in [0.29, 0.717) is 12.5 Å². The highest BCUT2D eigenvalue weighted by atomic mass is 19.1. The van der Waals surface area contributed by atoms with Gasteiger partial charge in [0.05, 0.1) is 13.0 Å². The summed E-state index contributed by atoms with van der Waals surface area (Å²) in [7, 11) is 0. The van der Waals surface area contributed by atoms with Crippen LogP contribution in [0.4, 0.5) is 4.39 Å². The lowest BCUT2D eigenvalue weighted by molar-refractivity contribution is -0.132. The van der Waals surface area contributed by atoms with E-state index in [2.05, 4.69) is 4.84 Å². The first-order chi connectivity index (χ1) is 9.19. The number of nitrogens with two attached hydrogens (primary N) is 1. The number of halogens is 1. The second-order valence-electron chi connectivity index (χ2n) is 4.96. The number of piperidine rings is 1. The Kier molecular flexibility index (Phi) is 4.87. The summed E-state index contributed by atoms with van der Waals surface area (Å²) in [5.74, 6) is 5.24. The molecule has 0 atom stereocenters. The van der Waals surface area contributed by atoms with Crippen LogP contribution in [0.5, 0.6) is 0 Å². The Morgan fingerprint density at radius 2 is 2.16 bits per heavy atom. The SMILES string of the molecule is NOCC1CCN(C(=O)Cc2cccc(F)c2)CC1. The number of carbonyl (C=O) groups excluding carboxylic acids is 1. The van der Waals surface area contributed by atoms with E-state index in [-0.39, 0.29) is 18.1 Å². The number of hydrogen-bond donors (Lipinski definition) is 1. The Morgan fingerprint density at radius 3 is 2.79 bits per heavy atom. The zero-order valence-electron chi connectivity index (χ0n) is 10.8. The molecule has 1 aromatic carbocycles. The third-order valence-corrected chi connectivity index (χ3v) is 3.54. The minimum atomic E-state index is -0.302. The summed E-state index contributed by atoms with van der Waals surface area (Å²) >= 11 is 0. The van der Waals surface area contributed by atoms with E-state index < -0.39 is 0 Å². The van der Waals surface area contributed by atoms with Crippen LogP contribution in [0.15, 0.2) is 24.3 Å². The van der Waals surface area contributed by atoms with Gasteiger partial charge in [0.1, 0.15) is 5.82 Å². The van der Waals surface area contributed by atoms with Gasteiger partial charge in [-0.05, 0) is 36.5 Å². The minimum absolute atomic E-state index is 0.0534. The molecule has 0 aromatic heterocycles. The molecule has 4 nitrogen and oxygen atoms in total. The van der Waals surface area contributed by atoms with Crippen LogP contribution < -0.4 is 5.90 Å². The second kappa shape index (κ2) is 6.63. The van der Waals surface area contributed by atoms with Crippen LogP contribution >= 0.6 is 0 Å². The standard InChI is InChI=1S/C14H19FN2O2/c15-13-3-1-2-12(8-13)9-14(18)17-6-4-11(5-7-17)10-19-16/h1-3,8,11H,4-7,9-10,16H2. The van der Waals surface area contributed by atoms with Gasteiger partial charge in [-0.2, -0.15) is 0 Å². The molecule has 0 aliphatic carbocycles. The van der Waals surface area contributed by atoms with Crippen LogP contribution in [0.3, 0.4) is 0 Å². The molecule has 5 heteroatoms. The molecule has 1 saturated heterocycles. The molecule has 1 amide bonds. The smallest absolute Gasteiger partial charge is 0.226 e. The third-order valence-electron chi connectivity index (χ3n) is 3.54. The quantitative estimate of drug-likeness (QED) is 0.840. The first-order valence-electron chi connectivity index (χ1n) is 6.53. The number of hydrogen-bond acceptors (Lipinski definition) is 3. The minimum Gasteiger partial charge on any atom is -0.342 e. The van der Waals surface area contributed by atoms with Crippen molar-refractivity contribution in [3.8, 4) is 0 Å². The summed E-state index contributed by atoms with van der Waals surface area (Å²) in [5.41, 5.74) is 0.720. The van der Waals surface area contributed by atoms with Crippen LogP contribution in [0.25, 0.3) is 0 Å². The molecule has 0 bridgehead atoms. The molecule has 2 N–H and O–H groups in total. The molecule has 1 aromatic rings. The monoisotopic (exact) mass is 266 g/mol. The number of likely N-dealkylation sites (tertiary alicyclic amines) is 1. The fourth-order valence-corrected chi connectivity index (χ4v) is 2.42. The summed E-state index contributed by atoms with van der Waals surface area (Å²) in [6.45, 7) is 2.00. The second-order valence-corrected chi connectivity index (χ2v) is 4.96. The highest BCUT2D eigenvalue weighted by Crippen LogP contribution is 2.18. The van der Waals surface area contributed by atoms with Crippen molar-refractivity contribution in [2.45, 2.75) is 19.3 Å². The van der Waals surface area contributed by atoms with Crippen LogP contribution in [-0.4, -0.2) is 30.5 Å². The van der Waals surface area contributed by atoms with E-state index in [4.69, 9.17) is 5.90 Å². The topological polar surface area (TPSA) is 55.6 Å². The Bertz CT molecular complexity index is 431. The molecule has 104 valence electrons. The van der Waals surface area contributed by atoms with Crippen molar-refractivity contribution in [1.29, 1.82) is 0 Å². The summed E-state index contributed by atoms with van der Waals surface area (Å²) < 4.78 is 13.0. The average molecular weight is 266 g/mol. The predicted molar refractivity (Wildman–Crippen MR) is 69.5 cm³/mol. The van der Waals surface area contributed by atoms with Gasteiger partial charge in [-0.15, -0.1) is 0 Å². The molecule has 1 aliphatic rings. The zero-order valence-corrected chi connectivity index (χ0v) is 10.8. The molecule has 0 radical (unpaired) electrons. The molecule has 0 spiro atoms. The van der Waals surface area contributed by atoms with Crippen molar-refractivity contribution >= 4 is 5.91 Å². The van der Waals surface area contributed by atoms with E-state index in [1.165, 1.54) is 12.1 Å². The van der Waals surface area contributed by atoms with Gasteiger partial charge >= 0.3 is 0 Å². The Labute approximate surface area is 112 Å². The van der Waals surface area contributed by atoms with Gasteiger partial charge in [0.25, 0.3) is 0 Å². The summed E-state index contributed by atoms with van der Waals surface area (Å²) in [6, 6.07) is 6.19. The molecule has 2 rings (SSSR count).